The summed E-state index contributed by atoms with van der Waals surface area (Å²) in [6.07, 6.45) is 13.8. The maximum absolute atomic E-state index is 13.0. The molecule has 9 fully saturated rings. The van der Waals surface area contributed by atoms with Crippen LogP contribution in [0.2, 0.25) is 0 Å². The van der Waals surface area contributed by atoms with E-state index in [0.717, 1.165) is 232 Å². The van der Waals surface area contributed by atoms with Gasteiger partial charge >= 0.3 is 20.4 Å². The third kappa shape index (κ3) is 20.5. The minimum atomic E-state index is -3.55. The van der Waals surface area contributed by atoms with Crippen LogP contribution in [0, 0.1) is 5.92 Å². The first kappa shape index (κ1) is 101. The quantitative estimate of drug-likeness (QED) is 0.0292. The van der Waals surface area contributed by atoms with Crippen LogP contribution >= 0.6 is 63.7 Å². The second-order valence-corrected chi connectivity index (χ2v) is 46.0. The third-order valence-electron chi connectivity index (χ3n) is 28.0. The highest BCUT2D eigenvalue weighted by Gasteiger charge is 2.43. The Hall–Kier alpha value is -13.2. The topological polar surface area (TPSA) is 403 Å². The molecule has 4 saturated heterocycles. The molecule has 40 heteroatoms. The Kier molecular flexibility index (Phi) is 28.5. The van der Waals surface area contributed by atoms with Gasteiger partial charge in [0.25, 0.3) is 29.5 Å². The molecular formula is C107H111Br4N23O11S2. The van der Waals surface area contributed by atoms with Gasteiger partial charge in [-0.2, -0.15) is 51.4 Å². The molecule has 5 saturated carbocycles. The van der Waals surface area contributed by atoms with Gasteiger partial charge in [0.05, 0.1) is 67.4 Å². The van der Waals surface area contributed by atoms with Crippen molar-refractivity contribution in [1.29, 1.82) is 0 Å². The van der Waals surface area contributed by atoms with Gasteiger partial charge in [0, 0.05) is 169 Å². The molecule has 34 nitrogen and oxygen atoms in total. The Bertz CT molecular complexity index is 8010. The zero-order valence-corrected chi connectivity index (χ0v) is 90.2. The van der Waals surface area contributed by atoms with Crippen molar-refractivity contribution in [2.24, 2.45) is 5.92 Å². The number of benzene rings is 10. The number of nitrogen functional groups attached to an aromatic ring is 1. The zero-order chi connectivity index (χ0) is 103. The fourth-order valence-electron chi connectivity index (χ4n) is 19.6. The summed E-state index contributed by atoms with van der Waals surface area (Å²) in [6, 6.07) is 58.1. The Labute approximate surface area is 883 Å². The number of amides is 7. The monoisotopic (exact) mass is 2270 g/mol. The first-order valence-corrected chi connectivity index (χ1v) is 55.5. The van der Waals surface area contributed by atoms with Crippen LogP contribution in [-0.4, -0.2) is 199 Å². The summed E-state index contributed by atoms with van der Waals surface area (Å²) in [5.74, 6) is 1.92. The highest BCUT2D eigenvalue weighted by atomic mass is 79.9. The minimum Gasteiger partial charge on any atom is -0.398 e. The van der Waals surface area contributed by atoms with Gasteiger partial charge in [0.2, 0.25) is 11.8 Å². The number of anilines is 6. The van der Waals surface area contributed by atoms with E-state index in [1.807, 2.05) is 174 Å². The molecule has 24 rings (SSSR count). The molecule has 147 heavy (non-hydrogen) atoms. The summed E-state index contributed by atoms with van der Waals surface area (Å²) in [7, 11) is 2.58. The number of fused-ring (bicyclic) bond motifs is 5. The van der Waals surface area contributed by atoms with Crippen molar-refractivity contribution < 1.29 is 50.4 Å². The van der Waals surface area contributed by atoms with Gasteiger partial charge in [0.15, 0.2) is 0 Å². The lowest BCUT2D eigenvalue weighted by Crippen LogP contribution is -2.31. The lowest BCUT2D eigenvalue weighted by molar-refractivity contribution is -0.117. The number of carbonyl (C=O) groups is 7. The van der Waals surface area contributed by atoms with Crippen LogP contribution in [0.1, 0.15) is 214 Å². The summed E-state index contributed by atoms with van der Waals surface area (Å²) in [5.41, 5.74) is 26.4. The maximum atomic E-state index is 13.0. The smallest absolute Gasteiger partial charge is 0.303 e. The predicted octanol–water partition coefficient (Wildman–Crippen LogP) is 17.9. The van der Waals surface area contributed by atoms with Crippen molar-refractivity contribution >= 4 is 214 Å². The van der Waals surface area contributed by atoms with Crippen LogP contribution in [0.3, 0.4) is 0 Å². The second-order valence-electron chi connectivity index (χ2n) is 38.7. The fraction of sp³-hybridized carbons (Fsp3) is 0.327. The number of hydrogen-bond donors (Lipinski definition) is 8. The highest BCUT2D eigenvalue weighted by Crippen LogP contribution is 2.53. The van der Waals surface area contributed by atoms with E-state index in [-0.39, 0.29) is 41.4 Å². The largest absolute Gasteiger partial charge is 0.398 e. The van der Waals surface area contributed by atoms with E-state index in [4.69, 9.17) is 21.0 Å². The molecule has 9 heterocycles. The van der Waals surface area contributed by atoms with Crippen LogP contribution in [0.15, 0.2) is 200 Å². The maximum Gasteiger partial charge on any atom is 0.303 e. The molecule has 0 spiro atoms. The molecule has 4 aliphatic heterocycles. The van der Waals surface area contributed by atoms with Gasteiger partial charge in [-0.25, -0.2) is 23.4 Å². The van der Waals surface area contributed by atoms with Crippen molar-refractivity contribution in [3.63, 3.8) is 0 Å². The summed E-state index contributed by atoms with van der Waals surface area (Å²) in [6.45, 7) is 8.35. The van der Waals surface area contributed by atoms with Crippen LogP contribution in [-0.2, 0) is 30.0 Å². The molecule has 15 aromatic rings. The van der Waals surface area contributed by atoms with Gasteiger partial charge < -0.3 is 47.4 Å². The molecule has 9 aliphatic rings. The SMILES string of the molecule is CNC(=O)c1c2cc(C3CC3)c(N)cc2nn1-c1ccc(Br)cc1.CNC(=O)c1c2cc(C3CC3)c(N3CCCC3=O)cc2nn1-c1ccc(Br)cc1.CNC(=O)c1c2cc(C3CC3)c(N3CCCC3=O)cc2nn1-c1ccc(NCC(C)C)cc1.CNC(=O)c1c2cc(C3CC3)c(N3CCN(C)S3(=O)=O)cc2nn1-c1ccc(Br)cc1.CNC(=O)c1c2cc(C3CC3)c(N3CCNS3(=O)=O)cc2nn1-c1ccc(Br)cc1. The van der Waals surface area contributed by atoms with Gasteiger partial charge in [-0.1, -0.05) is 77.6 Å². The lowest BCUT2D eigenvalue weighted by Gasteiger charge is -2.21. The molecular weight excluding hydrogens is 2170 g/mol. The van der Waals surface area contributed by atoms with E-state index in [1.165, 1.54) is 12.9 Å². The minimum absolute atomic E-state index is 0.160. The molecule has 5 aliphatic carbocycles. The normalized spacial score (nSPS) is 16.8. The standard InChI is InChI=1S/C26H31N5O2.C22H21BrN4O2.C21H22BrN5O3S.C20H20BrN5O3S.C18H17BrN4O/c1-16(2)15-28-18-8-10-19(11-9-18)31-25(26(33)27-3)21-13-20(17-6-7-17)23(14-22(21)29-31)30-12-4-5-24(30)32;1-24-22(29)21-17-11-16(13-4-5-13)19(26-10-2-3-20(26)28)12-18(17)25-27(21)15-8-6-14(23)7-9-15;1-23-21(28)20-17-11-16(13-3-4-13)19(26-10-9-25(2)31(26,29)30)12-18(17)24-27(20)15-7-5-14(22)6-8-15;1-22-20(27)19-16-10-15(12-2-3-12)18(25-9-8-23-30(25,28)29)11-17(16)24-26(19)14-6-4-13(21)5-7-14;1-21-18(24)17-14-8-13(10-2-3-10)15(20)9-16(14)22-23(17)12-6-4-11(19)5-7-12/h8-11,13-14,16-17,28H,4-7,12,15H2,1-3H3,(H,27,33);6-9,11-13H,2-5,10H2,1H3,(H,24,29);5-8,11-13H,3-4,9-10H2,1-2H3,(H,23,28);4-7,10-12,23H,2-3,8-9H2,1H3,(H,22,27);4-10H,2-3,20H2,1H3,(H,21,24). The summed E-state index contributed by atoms with van der Waals surface area (Å²) in [4.78, 5) is 92.6. The van der Waals surface area contributed by atoms with Crippen molar-refractivity contribution in [1.82, 2.24) is 84.5 Å². The first-order valence-electron chi connectivity index (χ1n) is 49.5. The summed E-state index contributed by atoms with van der Waals surface area (Å²) in [5, 5.41) is 44.6. The molecule has 0 bridgehead atoms. The Balaban J connectivity index is 0.000000112. The molecule has 9 N–H and O–H groups in total. The van der Waals surface area contributed by atoms with Gasteiger partial charge in [-0.3, -0.25) is 42.2 Å². The van der Waals surface area contributed by atoms with E-state index >= 15 is 0 Å². The van der Waals surface area contributed by atoms with E-state index < -0.39 is 20.4 Å². The third-order valence-corrected chi connectivity index (χ3v) is 33.6. The van der Waals surface area contributed by atoms with E-state index in [2.05, 4.69) is 137 Å². The molecule has 0 radical (unpaired) electrons. The number of nitrogens with two attached hydrogens (primary N) is 1. The van der Waals surface area contributed by atoms with Crippen molar-refractivity contribution in [3.8, 4) is 28.4 Å². The number of carbonyl (C=O) groups excluding carboxylic acids is 7. The van der Waals surface area contributed by atoms with Crippen molar-refractivity contribution in [2.45, 2.75) is 133 Å². The first-order chi connectivity index (χ1) is 70.8. The number of aromatic nitrogens is 10. The predicted molar refractivity (Wildman–Crippen MR) is 587 cm³/mol. The second kappa shape index (κ2) is 41.5. The molecule has 5 aromatic heterocycles. The molecule has 760 valence electrons. The number of likely N-dealkylation sites (N-methyl/N-ethyl adjacent to an activating group) is 1. The lowest BCUT2D eigenvalue weighted by atomic mass is 10.0. The van der Waals surface area contributed by atoms with Crippen LogP contribution in [0.5, 0.6) is 0 Å². The molecule has 0 atom stereocenters. The molecule has 7 amide bonds. The number of rotatable bonds is 22. The van der Waals surface area contributed by atoms with Crippen LogP contribution in [0.25, 0.3) is 83.0 Å². The summed E-state index contributed by atoms with van der Waals surface area (Å²) >= 11 is 13.7. The zero-order valence-electron chi connectivity index (χ0n) is 82.2. The van der Waals surface area contributed by atoms with E-state index in [9.17, 15) is 50.4 Å². The van der Waals surface area contributed by atoms with Crippen molar-refractivity contribution in [2.75, 3.05) is 118 Å². The molecule has 10 aromatic carbocycles. The number of nitrogens with zero attached hydrogens (tertiary/aromatic N) is 15. The fourth-order valence-corrected chi connectivity index (χ4v) is 23.3. The number of nitrogens with one attached hydrogen (secondary N) is 7. The average molecular weight is 2280 g/mol. The van der Waals surface area contributed by atoms with Crippen LogP contribution in [0.4, 0.5) is 34.1 Å². The molecule has 0 unspecified atom stereocenters. The summed E-state index contributed by atoms with van der Waals surface area (Å²) < 4.78 is 69.7. The average Bonchev–Trinajstić information content (AvgIpc) is 1.59. The van der Waals surface area contributed by atoms with Crippen LogP contribution < -0.4 is 60.8 Å². The number of halogens is 4. The Morgan fingerprint density at radius 1 is 0.374 bits per heavy atom. The van der Waals surface area contributed by atoms with E-state index in [1.54, 1.807) is 71.8 Å². The van der Waals surface area contributed by atoms with Crippen molar-refractivity contribution in [3.05, 3.63) is 256 Å². The van der Waals surface area contributed by atoms with Gasteiger partial charge in [-0.15, -0.1) is 0 Å². The van der Waals surface area contributed by atoms with Gasteiger partial charge in [-0.05, 0) is 322 Å². The number of hydrogen-bond acceptors (Lipinski definition) is 18. The Morgan fingerprint density at radius 2 is 0.653 bits per heavy atom. The highest BCUT2D eigenvalue weighted by molar-refractivity contribution is 9.11. The van der Waals surface area contributed by atoms with E-state index in [0.29, 0.717) is 131 Å². The van der Waals surface area contributed by atoms with Gasteiger partial charge in [0.1, 0.15) is 28.5 Å². The Morgan fingerprint density at radius 3 is 0.918 bits per heavy atom.